The van der Waals surface area contributed by atoms with E-state index in [9.17, 15) is 14.4 Å². The Morgan fingerprint density at radius 3 is 2.72 bits per heavy atom. The van der Waals surface area contributed by atoms with Crippen molar-refractivity contribution in [2.24, 2.45) is 0 Å². The van der Waals surface area contributed by atoms with E-state index in [0.717, 1.165) is 4.90 Å². The highest BCUT2D eigenvalue weighted by Crippen LogP contribution is 2.05. The Balaban J connectivity index is 1.96. The zero-order valence-electron chi connectivity index (χ0n) is 10.3. The quantitative estimate of drug-likeness (QED) is 0.589. The molecule has 0 aromatic carbocycles. The van der Waals surface area contributed by atoms with Gasteiger partial charge in [-0.1, -0.05) is 0 Å². The number of carbonyl (C=O) groups is 3. The van der Waals surface area contributed by atoms with Gasteiger partial charge in [-0.2, -0.15) is 0 Å². The first kappa shape index (κ1) is 13.0. The van der Waals surface area contributed by atoms with E-state index in [1.807, 2.05) is 0 Å². The summed E-state index contributed by atoms with van der Waals surface area (Å²) in [7, 11) is 0. The molecule has 1 atom stereocenters. The fraction of sp³-hybridized carbons (Fsp3) is 0.727. The average Bonchev–Trinajstić information content (AvgIpc) is 2.40. The second-order valence-corrected chi connectivity index (χ2v) is 4.41. The van der Waals surface area contributed by atoms with Gasteiger partial charge in [0.15, 0.2) is 0 Å². The predicted molar refractivity (Wildman–Crippen MR) is 61.6 cm³/mol. The topological polar surface area (TPSA) is 79.0 Å². The van der Waals surface area contributed by atoms with Crippen molar-refractivity contribution >= 4 is 17.7 Å². The van der Waals surface area contributed by atoms with Gasteiger partial charge in [0.1, 0.15) is 6.54 Å². The summed E-state index contributed by atoms with van der Waals surface area (Å²) in [5.41, 5.74) is 0. The van der Waals surface area contributed by atoms with Crippen LogP contribution in [0.15, 0.2) is 0 Å². The normalized spacial score (nSPS) is 25.5. The maximum absolute atomic E-state index is 12.0. The number of hydrogen-bond acceptors (Lipinski definition) is 5. The van der Waals surface area contributed by atoms with Crippen LogP contribution in [-0.2, 0) is 19.1 Å². The largest absolute Gasteiger partial charge is 0.378 e. The van der Waals surface area contributed by atoms with Gasteiger partial charge in [-0.15, -0.1) is 0 Å². The molecular formula is C11H17N3O4. The number of nitrogens with zero attached hydrogens (tertiary/aromatic N) is 2. The summed E-state index contributed by atoms with van der Waals surface area (Å²) >= 11 is 0. The standard InChI is InChI=1S/C11H17N3O4/c1-8-11(17)14(9(15)6-12-8)7-10(16)13-2-4-18-5-3-13/h8,12H,2-7H2,1H3. The maximum atomic E-state index is 12.0. The highest BCUT2D eigenvalue weighted by Gasteiger charge is 2.33. The monoisotopic (exact) mass is 255 g/mol. The Bertz CT molecular complexity index is 365. The van der Waals surface area contributed by atoms with E-state index >= 15 is 0 Å². The molecule has 0 aromatic heterocycles. The van der Waals surface area contributed by atoms with Gasteiger partial charge in [0.2, 0.25) is 17.7 Å². The lowest BCUT2D eigenvalue weighted by molar-refractivity contribution is -0.154. The van der Waals surface area contributed by atoms with Crippen LogP contribution in [0.1, 0.15) is 6.92 Å². The highest BCUT2D eigenvalue weighted by molar-refractivity contribution is 6.03. The third-order valence-electron chi connectivity index (χ3n) is 3.15. The number of carbonyl (C=O) groups excluding carboxylic acids is 3. The Kier molecular flexibility index (Phi) is 3.93. The van der Waals surface area contributed by atoms with Gasteiger partial charge in [0.25, 0.3) is 0 Å². The molecule has 0 radical (unpaired) electrons. The van der Waals surface area contributed by atoms with E-state index in [-0.39, 0.29) is 30.8 Å². The van der Waals surface area contributed by atoms with E-state index in [0.29, 0.717) is 26.3 Å². The molecule has 18 heavy (non-hydrogen) atoms. The fourth-order valence-electron chi connectivity index (χ4n) is 1.99. The van der Waals surface area contributed by atoms with Crippen molar-refractivity contribution in [2.75, 3.05) is 39.4 Å². The van der Waals surface area contributed by atoms with Crippen molar-refractivity contribution < 1.29 is 19.1 Å². The predicted octanol–water partition coefficient (Wildman–Crippen LogP) is -1.81. The van der Waals surface area contributed by atoms with Crippen LogP contribution in [-0.4, -0.2) is 73.0 Å². The van der Waals surface area contributed by atoms with Crippen LogP contribution >= 0.6 is 0 Å². The number of ether oxygens (including phenoxy) is 1. The smallest absolute Gasteiger partial charge is 0.246 e. The molecule has 2 aliphatic rings. The van der Waals surface area contributed by atoms with Crippen molar-refractivity contribution in [3.63, 3.8) is 0 Å². The molecule has 7 heteroatoms. The second kappa shape index (κ2) is 5.45. The summed E-state index contributed by atoms with van der Waals surface area (Å²) in [4.78, 5) is 38.0. The molecule has 7 nitrogen and oxygen atoms in total. The van der Waals surface area contributed by atoms with E-state index in [4.69, 9.17) is 4.74 Å². The maximum Gasteiger partial charge on any atom is 0.246 e. The fourth-order valence-corrected chi connectivity index (χ4v) is 1.99. The molecule has 2 aliphatic heterocycles. The third kappa shape index (κ3) is 2.68. The summed E-state index contributed by atoms with van der Waals surface area (Å²) < 4.78 is 5.15. The van der Waals surface area contributed by atoms with E-state index in [2.05, 4.69) is 5.32 Å². The van der Waals surface area contributed by atoms with E-state index in [1.54, 1.807) is 11.8 Å². The molecule has 2 heterocycles. The van der Waals surface area contributed by atoms with Crippen LogP contribution in [0, 0.1) is 0 Å². The van der Waals surface area contributed by atoms with Crippen molar-refractivity contribution in [2.45, 2.75) is 13.0 Å². The average molecular weight is 255 g/mol. The third-order valence-corrected chi connectivity index (χ3v) is 3.15. The van der Waals surface area contributed by atoms with Gasteiger partial charge < -0.3 is 9.64 Å². The van der Waals surface area contributed by atoms with E-state index < -0.39 is 6.04 Å². The number of piperazine rings is 1. The molecule has 1 unspecified atom stereocenters. The van der Waals surface area contributed by atoms with Crippen molar-refractivity contribution in [3.05, 3.63) is 0 Å². The number of nitrogens with one attached hydrogen (secondary N) is 1. The van der Waals surface area contributed by atoms with Crippen LogP contribution in [0.2, 0.25) is 0 Å². The molecule has 1 N–H and O–H groups in total. The molecule has 3 amide bonds. The van der Waals surface area contributed by atoms with Gasteiger partial charge in [-0.3, -0.25) is 24.6 Å². The lowest BCUT2D eigenvalue weighted by Gasteiger charge is -2.32. The van der Waals surface area contributed by atoms with Crippen molar-refractivity contribution in [1.29, 1.82) is 0 Å². The zero-order chi connectivity index (χ0) is 13.1. The molecule has 2 saturated heterocycles. The first-order valence-electron chi connectivity index (χ1n) is 6.02. The molecule has 0 spiro atoms. The molecule has 0 aliphatic carbocycles. The summed E-state index contributed by atoms with van der Waals surface area (Å²) in [6, 6.07) is -0.416. The Morgan fingerprint density at radius 2 is 2.06 bits per heavy atom. The molecule has 2 rings (SSSR count). The molecule has 100 valence electrons. The Morgan fingerprint density at radius 1 is 1.39 bits per heavy atom. The number of morpholine rings is 1. The zero-order valence-corrected chi connectivity index (χ0v) is 10.3. The summed E-state index contributed by atoms with van der Waals surface area (Å²) in [6.45, 7) is 3.66. The van der Waals surface area contributed by atoms with Crippen LogP contribution in [0.5, 0.6) is 0 Å². The number of imide groups is 1. The van der Waals surface area contributed by atoms with Crippen molar-refractivity contribution in [1.82, 2.24) is 15.1 Å². The number of hydrogen-bond donors (Lipinski definition) is 1. The van der Waals surface area contributed by atoms with Crippen LogP contribution in [0.25, 0.3) is 0 Å². The Hall–Kier alpha value is -1.47. The first-order valence-corrected chi connectivity index (χ1v) is 6.02. The second-order valence-electron chi connectivity index (χ2n) is 4.41. The molecule has 0 saturated carbocycles. The summed E-state index contributed by atoms with van der Waals surface area (Å²) in [5, 5.41) is 2.78. The lowest BCUT2D eigenvalue weighted by Crippen LogP contribution is -2.59. The van der Waals surface area contributed by atoms with Gasteiger partial charge in [-0.25, -0.2) is 0 Å². The summed E-state index contributed by atoms with van der Waals surface area (Å²) in [5.74, 6) is -0.887. The van der Waals surface area contributed by atoms with Gasteiger partial charge in [-0.05, 0) is 6.92 Å². The van der Waals surface area contributed by atoms with Gasteiger partial charge >= 0.3 is 0 Å². The molecule has 2 fully saturated rings. The van der Waals surface area contributed by atoms with Crippen molar-refractivity contribution in [3.8, 4) is 0 Å². The minimum atomic E-state index is -0.416. The minimum absolute atomic E-state index is 0.100. The first-order chi connectivity index (χ1) is 8.59. The molecular weight excluding hydrogens is 238 g/mol. The molecule has 0 aromatic rings. The molecule has 0 bridgehead atoms. The SMILES string of the molecule is CC1NCC(=O)N(CC(=O)N2CCOCC2)C1=O. The van der Waals surface area contributed by atoms with Crippen LogP contribution < -0.4 is 5.32 Å². The van der Waals surface area contributed by atoms with Crippen LogP contribution in [0.4, 0.5) is 0 Å². The van der Waals surface area contributed by atoms with Gasteiger partial charge in [0.05, 0.1) is 25.8 Å². The summed E-state index contributed by atoms with van der Waals surface area (Å²) in [6.07, 6.45) is 0. The lowest BCUT2D eigenvalue weighted by atomic mass is 10.2. The van der Waals surface area contributed by atoms with Gasteiger partial charge in [0, 0.05) is 13.1 Å². The Labute approximate surface area is 105 Å². The highest BCUT2D eigenvalue weighted by atomic mass is 16.5. The van der Waals surface area contributed by atoms with E-state index in [1.165, 1.54) is 0 Å². The number of amides is 3. The minimum Gasteiger partial charge on any atom is -0.378 e. The number of rotatable bonds is 2. The van der Waals surface area contributed by atoms with Crippen LogP contribution in [0.3, 0.4) is 0 Å².